The first-order valence-corrected chi connectivity index (χ1v) is 7.64. The van der Waals surface area contributed by atoms with Crippen molar-refractivity contribution in [1.82, 2.24) is 14.8 Å². The Morgan fingerprint density at radius 1 is 1.38 bits per heavy atom. The molecule has 2 aromatic heterocycles. The van der Waals surface area contributed by atoms with Gasteiger partial charge in [-0.05, 0) is 51.3 Å². The molecule has 128 valence electrons. The van der Waals surface area contributed by atoms with Gasteiger partial charge < -0.3 is 10.4 Å². The Kier molecular flexibility index (Phi) is 3.87. The fraction of sp³-hybridized carbons (Fsp3) is 0.438. The lowest BCUT2D eigenvalue weighted by Gasteiger charge is -2.41. The van der Waals surface area contributed by atoms with Crippen LogP contribution in [0.5, 0.6) is 0 Å². The SMILES string of the molecule is Cc1cc(C)n(-c2ccc(NC(=O)C(F)(F)C3(O)CCC3)cn2)n1. The van der Waals surface area contributed by atoms with Crippen LogP contribution in [0.4, 0.5) is 14.5 Å². The first kappa shape index (κ1) is 16.5. The molecule has 2 heterocycles. The Bertz CT molecular complexity index is 767. The van der Waals surface area contributed by atoms with E-state index in [-0.39, 0.29) is 18.5 Å². The number of nitrogens with zero attached hydrogens (tertiary/aromatic N) is 3. The van der Waals surface area contributed by atoms with Crippen LogP contribution in [0.25, 0.3) is 5.82 Å². The van der Waals surface area contributed by atoms with Gasteiger partial charge in [-0.3, -0.25) is 4.79 Å². The average Bonchev–Trinajstić information content (AvgIpc) is 2.84. The highest BCUT2D eigenvalue weighted by molar-refractivity contribution is 5.97. The molecule has 0 radical (unpaired) electrons. The van der Waals surface area contributed by atoms with E-state index in [4.69, 9.17) is 0 Å². The molecule has 3 rings (SSSR count). The van der Waals surface area contributed by atoms with Crippen molar-refractivity contribution in [2.24, 2.45) is 0 Å². The number of hydrogen-bond acceptors (Lipinski definition) is 4. The molecule has 1 fully saturated rings. The molecule has 0 saturated heterocycles. The summed E-state index contributed by atoms with van der Waals surface area (Å²) < 4.78 is 29.7. The first-order valence-electron chi connectivity index (χ1n) is 7.64. The van der Waals surface area contributed by atoms with Gasteiger partial charge in [0.05, 0.1) is 17.6 Å². The largest absolute Gasteiger partial charge is 0.383 e. The van der Waals surface area contributed by atoms with E-state index < -0.39 is 17.4 Å². The van der Waals surface area contributed by atoms with E-state index in [2.05, 4.69) is 15.4 Å². The third-order valence-electron chi connectivity index (χ3n) is 4.28. The van der Waals surface area contributed by atoms with E-state index in [0.29, 0.717) is 12.2 Å². The number of nitrogens with one attached hydrogen (secondary N) is 1. The minimum Gasteiger partial charge on any atom is -0.383 e. The molecule has 0 bridgehead atoms. The zero-order valence-electron chi connectivity index (χ0n) is 13.4. The maximum atomic E-state index is 14.0. The topological polar surface area (TPSA) is 80.0 Å². The minimum absolute atomic E-state index is 0.0808. The molecule has 0 spiro atoms. The van der Waals surface area contributed by atoms with Gasteiger partial charge in [0.2, 0.25) is 0 Å². The van der Waals surface area contributed by atoms with Gasteiger partial charge in [0, 0.05) is 5.69 Å². The number of hydrogen-bond donors (Lipinski definition) is 2. The summed E-state index contributed by atoms with van der Waals surface area (Å²) in [5.74, 6) is -4.84. The molecule has 24 heavy (non-hydrogen) atoms. The summed E-state index contributed by atoms with van der Waals surface area (Å²) in [4.78, 5) is 16.0. The van der Waals surface area contributed by atoms with Gasteiger partial charge >= 0.3 is 5.92 Å². The second-order valence-electron chi connectivity index (χ2n) is 6.16. The average molecular weight is 336 g/mol. The predicted octanol–water partition coefficient (Wildman–Crippen LogP) is 2.37. The molecule has 2 N–H and O–H groups in total. The van der Waals surface area contributed by atoms with Gasteiger partial charge in [-0.25, -0.2) is 9.67 Å². The van der Waals surface area contributed by atoms with Crippen molar-refractivity contribution in [2.45, 2.75) is 44.6 Å². The number of alkyl halides is 2. The molecule has 1 aliphatic carbocycles. The van der Waals surface area contributed by atoms with Gasteiger partial charge in [-0.2, -0.15) is 13.9 Å². The second-order valence-corrected chi connectivity index (χ2v) is 6.16. The number of carbonyl (C=O) groups is 1. The Hall–Kier alpha value is -2.35. The summed E-state index contributed by atoms with van der Waals surface area (Å²) in [6.45, 7) is 3.72. The van der Waals surface area contributed by atoms with Crippen LogP contribution in [0.1, 0.15) is 30.7 Å². The van der Waals surface area contributed by atoms with Crippen LogP contribution in [-0.2, 0) is 4.79 Å². The van der Waals surface area contributed by atoms with Gasteiger partial charge in [0.1, 0.15) is 5.60 Å². The van der Waals surface area contributed by atoms with Gasteiger partial charge in [-0.15, -0.1) is 0 Å². The number of pyridine rings is 1. The number of halogens is 2. The van der Waals surface area contributed by atoms with Crippen LogP contribution >= 0.6 is 0 Å². The molecule has 1 aliphatic rings. The van der Waals surface area contributed by atoms with Crippen LogP contribution in [0.2, 0.25) is 0 Å². The summed E-state index contributed by atoms with van der Waals surface area (Å²) in [5.41, 5.74) is -0.391. The molecule has 2 aromatic rings. The lowest BCUT2D eigenvalue weighted by molar-refractivity contribution is -0.212. The molecule has 1 saturated carbocycles. The summed E-state index contributed by atoms with van der Waals surface area (Å²) in [6.07, 6.45) is 1.61. The predicted molar refractivity (Wildman–Crippen MR) is 83.2 cm³/mol. The number of anilines is 1. The van der Waals surface area contributed by atoms with Crippen molar-refractivity contribution >= 4 is 11.6 Å². The lowest BCUT2D eigenvalue weighted by Crippen LogP contribution is -2.59. The third-order valence-corrected chi connectivity index (χ3v) is 4.28. The smallest absolute Gasteiger partial charge is 0.352 e. The van der Waals surface area contributed by atoms with E-state index in [0.717, 1.165) is 11.4 Å². The molecular weight excluding hydrogens is 318 g/mol. The standard InChI is InChI=1S/C16H18F2N4O2/c1-10-8-11(2)22(21-10)13-5-4-12(9-19-13)20-14(23)16(17,18)15(24)6-3-7-15/h4-5,8-9,24H,3,6-7H2,1-2H3,(H,20,23). The number of carbonyl (C=O) groups excluding carboxylic acids is 1. The van der Waals surface area contributed by atoms with Crippen molar-refractivity contribution in [3.63, 3.8) is 0 Å². The van der Waals surface area contributed by atoms with E-state index >= 15 is 0 Å². The zero-order chi connectivity index (χ0) is 17.5. The van der Waals surface area contributed by atoms with Crippen molar-refractivity contribution in [1.29, 1.82) is 0 Å². The molecular formula is C16H18F2N4O2. The summed E-state index contributed by atoms with van der Waals surface area (Å²) in [5, 5.41) is 16.2. The van der Waals surface area contributed by atoms with Gasteiger partial charge in [-0.1, -0.05) is 0 Å². The van der Waals surface area contributed by atoms with Crippen molar-refractivity contribution in [3.05, 3.63) is 35.8 Å². The normalized spacial score (nSPS) is 16.5. The van der Waals surface area contributed by atoms with E-state index in [9.17, 15) is 18.7 Å². The first-order chi connectivity index (χ1) is 11.2. The zero-order valence-corrected chi connectivity index (χ0v) is 13.4. The molecule has 0 unspecified atom stereocenters. The number of rotatable bonds is 4. The summed E-state index contributed by atoms with van der Waals surface area (Å²) >= 11 is 0. The maximum absolute atomic E-state index is 14.0. The fourth-order valence-electron chi connectivity index (χ4n) is 2.69. The highest BCUT2D eigenvalue weighted by atomic mass is 19.3. The van der Waals surface area contributed by atoms with E-state index in [1.165, 1.54) is 12.3 Å². The minimum atomic E-state index is -3.83. The third kappa shape index (κ3) is 2.66. The molecule has 1 amide bonds. The van der Waals surface area contributed by atoms with Crippen molar-refractivity contribution < 1.29 is 18.7 Å². The number of aliphatic hydroxyl groups is 1. The van der Waals surface area contributed by atoms with E-state index in [1.807, 2.05) is 19.9 Å². The summed E-state index contributed by atoms with van der Waals surface area (Å²) in [7, 11) is 0. The van der Waals surface area contributed by atoms with Crippen molar-refractivity contribution in [2.75, 3.05) is 5.32 Å². The number of amides is 1. The van der Waals surface area contributed by atoms with Crippen LogP contribution in [-0.4, -0.2) is 37.3 Å². The van der Waals surface area contributed by atoms with Gasteiger partial charge in [0.15, 0.2) is 5.82 Å². The number of aromatic nitrogens is 3. The Morgan fingerprint density at radius 2 is 2.08 bits per heavy atom. The Morgan fingerprint density at radius 3 is 2.54 bits per heavy atom. The van der Waals surface area contributed by atoms with E-state index in [1.54, 1.807) is 10.7 Å². The summed E-state index contributed by atoms with van der Waals surface area (Å²) in [6, 6.07) is 4.93. The molecule has 6 nitrogen and oxygen atoms in total. The Labute approximate surface area is 137 Å². The molecule has 0 atom stereocenters. The lowest BCUT2D eigenvalue weighted by atomic mass is 9.75. The highest BCUT2D eigenvalue weighted by Gasteiger charge is 2.61. The maximum Gasteiger partial charge on any atom is 0.352 e. The molecule has 8 heteroatoms. The Balaban J connectivity index is 1.75. The fourth-order valence-corrected chi connectivity index (χ4v) is 2.69. The quantitative estimate of drug-likeness (QED) is 0.898. The molecule has 0 aromatic carbocycles. The van der Waals surface area contributed by atoms with Crippen LogP contribution in [0, 0.1) is 13.8 Å². The van der Waals surface area contributed by atoms with Gasteiger partial charge in [0.25, 0.3) is 5.91 Å². The van der Waals surface area contributed by atoms with Crippen LogP contribution < -0.4 is 5.32 Å². The van der Waals surface area contributed by atoms with Crippen molar-refractivity contribution in [3.8, 4) is 5.82 Å². The monoisotopic (exact) mass is 336 g/mol. The molecule has 0 aliphatic heterocycles. The second kappa shape index (κ2) is 5.62. The highest BCUT2D eigenvalue weighted by Crippen LogP contribution is 2.44. The number of aryl methyl sites for hydroxylation is 2. The van der Waals surface area contributed by atoms with Crippen LogP contribution in [0.3, 0.4) is 0 Å². The van der Waals surface area contributed by atoms with Crippen LogP contribution in [0.15, 0.2) is 24.4 Å².